The van der Waals surface area contributed by atoms with Crippen molar-refractivity contribution in [3.8, 4) is 5.75 Å². The van der Waals surface area contributed by atoms with Crippen molar-refractivity contribution in [3.63, 3.8) is 0 Å². The first kappa shape index (κ1) is 15.5. The van der Waals surface area contributed by atoms with E-state index in [1.165, 1.54) is 19.3 Å². The maximum Gasteiger partial charge on any atom is 0.308 e. The smallest absolute Gasteiger partial charge is 0.308 e. The van der Waals surface area contributed by atoms with Crippen LogP contribution in [0, 0.1) is 5.92 Å². The van der Waals surface area contributed by atoms with Gasteiger partial charge in [0.05, 0.1) is 17.0 Å². The molecule has 0 amide bonds. The summed E-state index contributed by atoms with van der Waals surface area (Å²) in [6, 6.07) is 5.75. The monoisotopic (exact) mass is 323 g/mol. The van der Waals surface area contributed by atoms with Gasteiger partial charge in [-0.15, -0.1) is 0 Å². The lowest BCUT2D eigenvalue weighted by Crippen LogP contribution is -2.23. The van der Waals surface area contributed by atoms with Crippen LogP contribution in [0.4, 0.5) is 5.69 Å². The van der Waals surface area contributed by atoms with Crippen molar-refractivity contribution in [2.45, 2.75) is 44.6 Å². The van der Waals surface area contributed by atoms with Crippen molar-refractivity contribution >= 4 is 23.3 Å². The van der Waals surface area contributed by atoms with Gasteiger partial charge in [-0.05, 0) is 44.2 Å². The molecule has 1 saturated heterocycles. The number of hydrogen-bond donors (Lipinski definition) is 1. The molecule has 5 heteroatoms. The second kappa shape index (κ2) is 6.78. The summed E-state index contributed by atoms with van der Waals surface area (Å²) in [4.78, 5) is 13.2. The van der Waals surface area contributed by atoms with Crippen molar-refractivity contribution < 1.29 is 14.6 Å². The average Bonchev–Trinajstić information content (AvgIpc) is 3.01. The van der Waals surface area contributed by atoms with Gasteiger partial charge in [0.1, 0.15) is 5.75 Å². The van der Waals surface area contributed by atoms with Crippen LogP contribution in [0.3, 0.4) is 0 Å². The molecule has 0 bridgehead atoms. The van der Waals surface area contributed by atoms with E-state index in [-0.39, 0.29) is 12.0 Å². The van der Waals surface area contributed by atoms with Crippen molar-refractivity contribution in [1.29, 1.82) is 0 Å². The maximum atomic E-state index is 11.1. The van der Waals surface area contributed by atoms with E-state index < -0.39 is 5.97 Å². The minimum atomic E-state index is -0.713. The number of aliphatic carboxylic acids is 1. The molecule has 0 spiro atoms. The Balaban J connectivity index is 1.71. The third-order valence-corrected chi connectivity index (χ3v) is 4.98. The fourth-order valence-electron chi connectivity index (χ4n) is 3.34. The minimum absolute atomic E-state index is 0.256. The molecule has 1 heterocycles. The number of halogens is 1. The quantitative estimate of drug-likeness (QED) is 0.911. The lowest BCUT2D eigenvalue weighted by molar-refractivity contribution is -0.140. The number of ether oxygens (including phenoxy) is 1. The first-order chi connectivity index (χ1) is 10.6. The highest BCUT2D eigenvalue weighted by Crippen LogP contribution is 2.34. The number of anilines is 1. The highest BCUT2D eigenvalue weighted by Gasteiger charge is 2.28. The maximum absolute atomic E-state index is 11.1. The van der Waals surface area contributed by atoms with E-state index in [0.717, 1.165) is 30.8 Å². The van der Waals surface area contributed by atoms with Crippen LogP contribution in [0.25, 0.3) is 0 Å². The van der Waals surface area contributed by atoms with Gasteiger partial charge < -0.3 is 14.7 Å². The van der Waals surface area contributed by atoms with Crippen molar-refractivity contribution in [1.82, 2.24) is 0 Å². The lowest BCUT2D eigenvalue weighted by Gasteiger charge is -2.25. The second-order valence-corrected chi connectivity index (χ2v) is 6.67. The molecule has 1 aromatic rings. The Morgan fingerprint density at radius 2 is 2.00 bits per heavy atom. The van der Waals surface area contributed by atoms with Crippen LogP contribution in [-0.2, 0) is 4.79 Å². The van der Waals surface area contributed by atoms with Gasteiger partial charge in [-0.25, -0.2) is 0 Å². The minimum Gasteiger partial charge on any atom is -0.489 e. The molecule has 1 atom stereocenters. The van der Waals surface area contributed by atoms with E-state index in [1.54, 1.807) is 0 Å². The summed E-state index contributed by atoms with van der Waals surface area (Å²) < 4.78 is 6.09. The molecule has 2 fully saturated rings. The molecule has 1 aromatic carbocycles. The van der Waals surface area contributed by atoms with Gasteiger partial charge in [-0.1, -0.05) is 18.0 Å². The van der Waals surface area contributed by atoms with Crippen LogP contribution in [0.15, 0.2) is 18.2 Å². The Hall–Kier alpha value is -1.42. The summed E-state index contributed by atoms with van der Waals surface area (Å²) in [7, 11) is 0. The highest BCUT2D eigenvalue weighted by atomic mass is 35.5. The van der Waals surface area contributed by atoms with Crippen LogP contribution < -0.4 is 9.64 Å². The van der Waals surface area contributed by atoms with Crippen molar-refractivity contribution in [2.24, 2.45) is 5.92 Å². The first-order valence-electron chi connectivity index (χ1n) is 8.07. The van der Waals surface area contributed by atoms with Crippen LogP contribution in [0.2, 0.25) is 5.02 Å². The second-order valence-electron chi connectivity index (χ2n) is 6.26. The number of rotatable bonds is 4. The molecule has 1 aliphatic carbocycles. The third-order valence-electron chi connectivity index (χ3n) is 4.66. The third kappa shape index (κ3) is 3.49. The zero-order valence-electron chi connectivity index (χ0n) is 12.6. The molecule has 120 valence electrons. The average molecular weight is 324 g/mol. The molecule has 3 rings (SSSR count). The molecule has 1 saturated carbocycles. The van der Waals surface area contributed by atoms with Crippen LogP contribution in [0.5, 0.6) is 5.75 Å². The van der Waals surface area contributed by atoms with Gasteiger partial charge in [0.15, 0.2) is 0 Å². The van der Waals surface area contributed by atoms with E-state index in [2.05, 4.69) is 4.90 Å². The number of benzene rings is 1. The first-order valence-corrected chi connectivity index (χ1v) is 8.45. The topological polar surface area (TPSA) is 49.8 Å². The van der Waals surface area contributed by atoms with Crippen LogP contribution in [-0.4, -0.2) is 30.3 Å². The Bertz CT molecular complexity index is 543. The Kier molecular flexibility index (Phi) is 4.77. The lowest BCUT2D eigenvalue weighted by atomic mass is 9.98. The van der Waals surface area contributed by atoms with Gasteiger partial charge in [0.2, 0.25) is 0 Å². The summed E-state index contributed by atoms with van der Waals surface area (Å²) in [6.07, 6.45) is 6.85. The van der Waals surface area contributed by atoms with E-state index in [4.69, 9.17) is 21.4 Å². The fraction of sp³-hybridized carbons (Fsp3) is 0.588. The molecule has 22 heavy (non-hydrogen) atoms. The van der Waals surface area contributed by atoms with Gasteiger partial charge in [-0.2, -0.15) is 0 Å². The zero-order valence-corrected chi connectivity index (χ0v) is 13.4. The zero-order chi connectivity index (χ0) is 15.5. The molecule has 0 radical (unpaired) electrons. The highest BCUT2D eigenvalue weighted by molar-refractivity contribution is 6.32. The van der Waals surface area contributed by atoms with Gasteiger partial charge >= 0.3 is 5.97 Å². The molecule has 1 N–H and O–H groups in total. The van der Waals surface area contributed by atoms with E-state index >= 15 is 0 Å². The SMILES string of the molecule is O=C(O)[C@@H]1CCN(c2ccc(Cl)c(OC3CCCCC3)c2)C1. The van der Waals surface area contributed by atoms with Gasteiger partial charge in [-0.3, -0.25) is 4.79 Å². The van der Waals surface area contributed by atoms with Crippen molar-refractivity contribution in [3.05, 3.63) is 23.2 Å². The van der Waals surface area contributed by atoms with Gasteiger partial charge in [0.25, 0.3) is 0 Å². The number of carboxylic acids is 1. The molecule has 2 aliphatic rings. The molecular formula is C17H22ClNO3. The summed E-state index contributed by atoms with van der Waals surface area (Å²) in [5, 5.41) is 9.75. The fourth-order valence-corrected chi connectivity index (χ4v) is 3.50. The number of carboxylic acid groups (broad SMARTS) is 1. The molecule has 4 nitrogen and oxygen atoms in total. The Labute approximate surface area is 136 Å². The summed E-state index contributed by atoms with van der Waals surface area (Å²) in [5.74, 6) is -0.265. The number of carbonyl (C=O) groups is 1. The molecular weight excluding hydrogens is 302 g/mol. The summed E-state index contributed by atoms with van der Waals surface area (Å²) >= 11 is 6.26. The Morgan fingerprint density at radius 1 is 1.23 bits per heavy atom. The normalized spacial score (nSPS) is 22.8. The van der Waals surface area contributed by atoms with Gasteiger partial charge in [0, 0.05) is 24.8 Å². The predicted molar refractivity (Wildman–Crippen MR) is 86.9 cm³/mol. The molecule has 0 unspecified atom stereocenters. The molecule has 1 aliphatic heterocycles. The molecule has 0 aromatic heterocycles. The van der Waals surface area contributed by atoms with E-state index in [1.807, 2.05) is 18.2 Å². The summed E-state index contributed by atoms with van der Waals surface area (Å²) in [6.45, 7) is 1.32. The predicted octanol–water partition coefficient (Wildman–Crippen LogP) is 3.96. The largest absolute Gasteiger partial charge is 0.489 e. The van der Waals surface area contributed by atoms with Crippen LogP contribution >= 0.6 is 11.6 Å². The van der Waals surface area contributed by atoms with Crippen LogP contribution in [0.1, 0.15) is 38.5 Å². The van der Waals surface area contributed by atoms with E-state index in [9.17, 15) is 4.79 Å². The summed E-state index contributed by atoms with van der Waals surface area (Å²) in [5.41, 5.74) is 0.999. The van der Waals surface area contributed by atoms with Crippen molar-refractivity contribution in [2.75, 3.05) is 18.0 Å². The number of nitrogens with zero attached hydrogens (tertiary/aromatic N) is 1. The number of hydrogen-bond acceptors (Lipinski definition) is 3. The Morgan fingerprint density at radius 3 is 2.68 bits per heavy atom. The van der Waals surface area contributed by atoms with E-state index in [0.29, 0.717) is 18.0 Å². The standard InChI is InChI=1S/C17H22ClNO3/c18-15-7-6-13(19-9-8-12(11-19)17(20)21)10-16(15)22-14-4-2-1-3-5-14/h6-7,10,12,14H,1-5,8-9,11H2,(H,20,21)/t12-/m1/s1.